The van der Waals surface area contributed by atoms with Crippen LogP contribution in [0.25, 0.3) is 0 Å². The Labute approximate surface area is 103 Å². The molecule has 3 nitrogen and oxygen atoms in total. The average molecular weight is 236 g/mol. The van der Waals surface area contributed by atoms with Crippen LogP contribution in [0.2, 0.25) is 0 Å². The molecule has 0 heterocycles. The van der Waals surface area contributed by atoms with Crippen molar-refractivity contribution in [3.63, 3.8) is 0 Å². The first-order chi connectivity index (χ1) is 7.71. The molecule has 0 spiro atoms. The van der Waals surface area contributed by atoms with Crippen molar-refractivity contribution in [2.45, 2.75) is 45.8 Å². The van der Waals surface area contributed by atoms with Crippen molar-refractivity contribution in [2.75, 3.05) is 0 Å². The first-order valence-corrected chi connectivity index (χ1v) is 5.68. The highest BCUT2D eigenvalue weighted by atomic mass is 16.6. The van der Waals surface area contributed by atoms with E-state index in [9.17, 15) is 4.79 Å². The Balaban J connectivity index is 2.72. The maximum Gasteiger partial charge on any atom is 0.350 e. The second kappa shape index (κ2) is 4.78. The maximum atomic E-state index is 11.9. The Morgan fingerprint density at radius 1 is 1.00 bits per heavy atom. The third kappa shape index (κ3) is 4.47. The second-order valence-electron chi connectivity index (χ2n) is 5.43. The first kappa shape index (κ1) is 13.6. The van der Waals surface area contributed by atoms with Crippen LogP contribution in [-0.4, -0.2) is 17.2 Å². The molecule has 0 saturated heterocycles. The fourth-order valence-electron chi connectivity index (χ4n) is 1.23. The summed E-state index contributed by atoms with van der Waals surface area (Å²) in [7, 11) is 0. The predicted octanol–water partition coefficient (Wildman–Crippen LogP) is 3.19. The van der Waals surface area contributed by atoms with Crippen LogP contribution in [0.1, 0.15) is 34.6 Å². The minimum Gasteiger partial charge on any atom is -0.476 e. The molecule has 0 fully saturated rings. The summed E-state index contributed by atoms with van der Waals surface area (Å²) in [6.07, 6.45) is 0. The van der Waals surface area contributed by atoms with Gasteiger partial charge in [-0.15, -0.1) is 0 Å². The summed E-state index contributed by atoms with van der Waals surface area (Å²) in [5.41, 5.74) is -1.50. The van der Waals surface area contributed by atoms with Crippen LogP contribution in [0.5, 0.6) is 5.75 Å². The van der Waals surface area contributed by atoms with Gasteiger partial charge in [-0.05, 0) is 46.8 Å². The Morgan fingerprint density at radius 3 is 2.00 bits per heavy atom. The fraction of sp³-hybridized carbons (Fsp3) is 0.500. The quantitative estimate of drug-likeness (QED) is 0.756. The van der Waals surface area contributed by atoms with Crippen LogP contribution in [0, 0.1) is 0 Å². The van der Waals surface area contributed by atoms with Crippen LogP contribution in [0.3, 0.4) is 0 Å². The van der Waals surface area contributed by atoms with E-state index in [4.69, 9.17) is 9.47 Å². The van der Waals surface area contributed by atoms with Crippen molar-refractivity contribution in [2.24, 2.45) is 0 Å². The van der Waals surface area contributed by atoms with Gasteiger partial charge in [-0.2, -0.15) is 0 Å². The Hall–Kier alpha value is -1.51. The molecule has 0 saturated carbocycles. The topological polar surface area (TPSA) is 35.5 Å². The molecule has 0 aliphatic rings. The largest absolute Gasteiger partial charge is 0.476 e. The van der Waals surface area contributed by atoms with Gasteiger partial charge in [-0.1, -0.05) is 18.2 Å². The van der Waals surface area contributed by atoms with Gasteiger partial charge in [0.2, 0.25) is 0 Å². The number of hydrogen-bond donors (Lipinski definition) is 0. The van der Waals surface area contributed by atoms with E-state index in [1.165, 1.54) is 0 Å². The first-order valence-electron chi connectivity index (χ1n) is 5.68. The number of carbonyl (C=O) groups excluding carboxylic acids is 1. The van der Waals surface area contributed by atoms with Gasteiger partial charge in [0.25, 0.3) is 0 Å². The van der Waals surface area contributed by atoms with E-state index >= 15 is 0 Å². The molecule has 0 unspecified atom stereocenters. The summed E-state index contributed by atoms with van der Waals surface area (Å²) in [4.78, 5) is 11.9. The molecule has 0 aliphatic carbocycles. The zero-order valence-corrected chi connectivity index (χ0v) is 11.1. The highest BCUT2D eigenvalue weighted by Gasteiger charge is 2.34. The van der Waals surface area contributed by atoms with Crippen LogP contribution < -0.4 is 4.74 Å². The number of esters is 1. The number of hydrogen-bond acceptors (Lipinski definition) is 3. The molecule has 0 radical (unpaired) electrons. The third-order valence-corrected chi connectivity index (χ3v) is 2.01. The number of para-hydroxylation sites is 1. The zero-order chi connectivity index (χ0) is 13.1. The molecule has 0 N–H and O–H groups in total. The molecule has 1 aromatic rings. The SMILES string of the molecule is CC(C)(C)OC(=O)C(C)(C)Oc1ccccc1. The molecular weight excluding hydrogens is 216 g/mol. The lowest BCUT2D eigenvalue weighted by atomic mass is 10.1. The lowest BCUT2D eigenvalue weighted by Crippen LogP contribution is -2.43. The molecule has 0 aromatic heterocycles. The van der Waals surface area contributed by atoms with Gasteiger partial charge in [0.1, 0.15) is 11.4 Å². The van der Waals surface area contributed by atoms with Crippen LogP contribution in [-0.2, 0) is 9.53 Å². The third-order valence-electron chi connectivity index (χ3n) is 2.01. The molecule has 94 valence electrons. The van der Waals surface area contributed by atoms with Gasteiger partial charge in [0.15, 0.2) is 5.60 Å². The zero-order valence-electron chi connectivity index (χ0n) is 11.1. The molecule has 0 bridgehead atoms. The van der Waals surface area contributed by atoms with Gasteiger partial charge in [0.05, 0.1) is 0 Å². The number of carbonyl (C=O) groups is 1. The summed E-state index contributed by atoms with van der Waals surface area (Å²) in [6.45, 7) is 8.92. The normalized spacial score (nSPS) is 12.1. The highest BCUT2D eigenvalue weighted by molar-refractivity contribution is 5.79. The van der Waals surface area contributed by atoms with Crippen molar-refractivity contribution in [3.8, 4) is 5.75 Å². The van der Waals surface area contributed by atoms with Crippen LogP contribution >= 0.6 is 0 Å². The summed E-state index contributed by atoms with van der Waals surface area (Å²) in [5, 5.41) is 0. The molecule has 1 rings (SSSR count). The van der Waals surface area contributed by atoms with E-state index in [1.807, 2.05) is 51.1 Å². The number of benzene rings is 1. The molecule has 0 amide bonds. The van der Waals surface area contributed by atoms with E-state index in [1.54, 1.807) is 13.8 Å². The van der Waals surface area contributed by atoms with E-state index < -0.39 is 11.2 Å². The molecule has 0 aliphatic heterocycles. The number of ether oxygens (including phenoxy) is 2. The van der Waals surface area contributed by atoms with Crippen molar-refractivity contribution < 1.29 is 14.3 Å². The Bertz CT molecular complexity index is 374. The lowest BCUT2D eigenvalue weighted by Gasteiger charge is -2.29. The smallest absolute Gasteiger partial charge is 0.350 e. The van der Waals surface area contributed by atoms with E-state index in [0.29, 0.717) is 5.75 Å². The van der Waals surface area contributed by atoms with Crippen LogP contribution in [0.4, 0.5) is 0 Å². The highest BCUT2D eigenvalue weighted by Crippen LogP contribution is 2.21. The molecule has 3 heteroatoms. The van der Waals surface area contributed by atoms with Gasteiger partial charge in [-0.3, -0.25) is 0 Å². The molecular formula is C14H20O3. The van der Waals surface area contributed by atoms with Gasteiger partial charge in [0, 0.05) is 0 Å². The maximum absolute atomic E-state index is 11.9. The fourth-order valence-corrected chi connectivity index (χ4v) is 1.23. The second-order valence-corrected chi connectivity index (χ2v) is 5.43. The molecule has 0 atom stereocenters. The molecule has 1 aromatic carbocycles. The van der Waals surface area contributed by atoms with E-state index in [0.717, 1.165) is 0 Å². The van der Waals surface area contributed by atoms with Crippen LogP contribution in [0.15, 0.2) is 30.3 Å². The average Bonchev–Trinajstić information content (AvgIpc) is 2.15. The van der Waals surface area contributed by atoms with Crippen molar-refractivity contribution >= 4 is 5.97 Å². The minimum atomic E-state index is -0.991. The summed E-state index contributed by atoms with van der Waals surface area (Å²) >= 11 is 0. The lowest BCUT2D eigenvalue weighted by molar-refractivity contribution is -0.170. The van der Waals surface area contributed by atoms with Gasteiger partial charge in [-0.25, -0.2) is 4.79 Å². The standard InChI is InChI=1S/C14H20O3/c1-13(2,3)17-12(15)14(4,5)16-11-9-7-6-8-10-11/h6-10H,1-5H3. The summed E-state index contributed by atoms with van der Waals surface area (Å²) in [5.74, 6) is 0.289. The van der Waals surface area contributed by atoms with Crippen molar-refractivity contribution in [1.82, 2.24) is 0 Å². The predicted molar refractivity (Wildman–Crippen MR) is 67.0 cm³/mol. The van der Waals surface area contributed by atoms with Crippen molar-refractivity contribution in [3.05, 3.63) is 30.3 Å². The number of rotatable bonds is 3. The van der Waals surface area contributed by atoms with Gasteiger partial charge < -0.3 is 9.47 Å². The summed E-state index contributed by atoms with van der Waals surface area (Å²) in [6, 6.07) is 9.24. The summed E-state index contributed by atoms with van der Waals surface area (Å²) < 4.78 is 10.9. The van der Waals surface area contributed by atoms with E-state index in [2.05, 4.69) is 0 Å². The minimum absolute atomic E-state index is 0.367. The van der Waals surface area contributed by atoms with Crippen molar-refractivity contribution in [1.29, 1.82) is 0 Å². The monoisotopic (exact) mass is 236 g/mol. The van der Waals surface area contributed by atoms with Gasteiger partial charge >= 0.3 is 5.97 Å². The molecule has 17 heavy (non-hydrogen) atoms. The van der Waals surface area contributed by atoms with E-state index in [-0.39, 0.29) is 5.97 Å². The Morgan fingerprint density at radius 2 is 1.53 bits per heavy atom. The Kier molecular flexibility index (Phi) is 3.81.